The Kier molecular flexibility index (Phi) is 4.78. The number of thiazole rings is 1. The Balaban J connectivity index is 1.68. The van der Waals surface area contributed by atoms with Crippen LogP contribution in [0, 0.1) is 16.7 Å². The zero-order chi connectivity index (χ0) is 18.0. The molecule has 1 amide bonds. The molecule has 6 heteroatoms. The van der Waals surface area contributed by atoms with Crippen LogP contribution in [0.4, 0.5) is 5.13 Å². The summed E-state index contributed by atoms with van der Waals surface area (Å²) in [5.41, 5.74) is 2.16. The number of carbonyl (C=O) groups is 1. The summed E-state index contributed by atoms with van der Waals surface area (Å²) in [7, 11) is 0. The molecule has 0 radical (unpaired) electrons. The van der Waals surface area contributed by atoms with Crippen molar-refractivity contribution in [2.24, 2.45) is 5.41 Å². The third-order valence-electron chi connectivity index (χ3n) is 4.26. The number of nitrogens with zero attached hydrogens (tertiary/aromatic N) is 4. The Morgan fingerprint density at radius 1 is 1.24 bits per heavy atom. The maximum Gasteiger partial charge on any atom is 0.228 e. The predicted octanol–water partition coefficient (Wildman–Crippen LogP) is 3.38. The van der Waals surface area contributed by atoms with Crippen LogP contribution in [0.25, 0.3) is 11.3 Å². The SMILES string of the molecule is CC(C)(C)C(=O)N1CCN(c2nc(-c3cccc(C#N)c3)cs2)CC1. The van der Waals surface area contributed by atoms with Crippen molar-refractivity contribution in [2.45, 2.75) is 20.8 Å². The van der Waals surface area contributed by atoms with E-state index < -0.39 is 0 Å². The molecule has 0 aliphatic carbocycles. The average Bonchev–Trinajstić information content (AvgIpc) is 3.10. The molecule has 1 aliphatic heterocycles. The monoisotopic (exact) mass is 354 g/mol. The molecule has 25 heavy (non-hydrogen) atoms. The zero-order valence-electron chi connectivity index (χ0n) is 14.8. The Hall–Kier alpha value is -2.39. The number of aromatic nitrogens is 1. The Morgan fingerprint density at radius 2 is 1.96 bits per heavy atom. The topological polar surface area (TPSA) is 60.2 Å². The molecular weight excluding hydrogens is 332 g/mol. The molecule has 1 aromatic carbocycles. The van der Waals surface area contributed by atoms with E-state index in [1.54, 1.807) is 17.4 Å². The first-order valence-electron chi connectivity index (χ1n) is 8.39. The van der Waals surface area contributed by atoms with E-state index >= 15 is 0 Å². The summed E-state index contributed by atoms with van der Waals surface area (Å²) in [5.74, 6) is 0.209. The van der Waals surface area contributed by atoms with Gasteiger partial charge in [-0.05, 0) is 12.1 Å². The van der Waals surface area contributed by atoms with E-state index in [1.165, 1.54) is 0 Å². The van der Waals surface area contributed by atoms with Crippen molar-refractivity contribution < 1.29 is 4.79 Å². The van der Waals surface area contributed by atoms with Crippen molar-refractivity contribution in [2.75, 3.05) is 31.1 Å². The largest absolute Gasteiger partial charge is 0.345 e. The third kappa shape index (κ3) is 3.83. The zero-order valence-corrected chi connectivity index (χ0v) is 15.6. The Labute approximate surface area is 152 Å². The summed E-state index contributed by atoms with van der Waals surface area (Å²) in [5, 5.41) is 12.0. The van der Waals surface area contributed by atoms with Crippen LogP contribution in [0.2, 0.25) is 0 Å². The van der Waals surface area contributed by atoms with Gasteiger partial charge in [-0.2, -0.15) is 5.26 Å². The predicted molar refractivity (Wildman–Crippen MR) is 101 cm³/mol. The van der Waals surface area contributed by atoms with E-state index in [-0.39, 0.29) is 11.3 Å². The minimum Gasteiger partial charge on any atom is -0.345 e. The smallest absolute Gasteiger partial charge is 0.228 e. The molecule has 1 aromatic heterocycles. The van der Waals surface area contributed by atoms with Crippen LogP contribution < -0.4 is 4.90 Å². The number of piperazine rings is 1. The second-order valence-corrected chi connectivity index (χ2v) is 8.07. The van der Waals surface area contributed by atoms with Gasteiger partial charge in [0.05, 0.1) is 17.3 Å². The second-order valence-electron chi connectivity index (χ2n) is 7.24. The summed E-state index contributed by atoms with van der Waals surface area (Å²) in [4.78, 5) is 21.3. The molecule has 0 bridgehead atoms. The molecule has 0 spiro atoms. The number of carbonyl (C=O) groups excluding carboxylic acids is 1. The fraction of sp³-hybridized carbons (Fsp3) is 0.421. The average molecular weight is 354 g/mol. The first-order chi connectivity index (χ1) is 11.9. The van der Waals surface area contributed by atoms with Gasteiger partial charge in [0.1, 0.15) is 0 Å². The van der Waals surface area contributed by atoms with Crippen molar-refractivity contribution in [1.82, 2.24) is 9.88 Å². The van der Waals surface area contributed by atoms with E-state index in [1.807, 2.05) is 49.3 Å². The lowest BCUT2D eigenvalue weighted by atomic mass is 9.94. The van der Waals surface area contributed by atoms with Crippen LogP contribution in [0.1, 0.15) is 26.3 Å². The lowest BCUT2D eigenvalue weighted by Gasteiger charge is -2.37. The molecule has 2 heterocycles. The van der Waals surface area contributed by atoms with Crippen LogP contribution in [-0.2, 0) is 4.79 Å². The van der Waals surface area contributed by atoms with Crippen LogP contribution >= 0.6 is 11.3 Å². The van der Waals surface area contributed by atoms with Crippen LogP contribution in [0.15, 0.2) is 29.6 Å². The van der Waals surface area contributed by atoms with Gasteiger partial charge < -0.3 is 9.80 Å². The number of nitriles is 1. The molecule has 0 saturated carbocycles. The van der Waals surface area contributed by atoms with E-state index in [2.05, 4.69) is 11.0 Å². The van der Waals surface area contributed by atoms with Gasteiger partial charge in [-0.15, -0.1) is 11.3 Å². The van der Waals surface area contributed by atoms with Crippen molar-refractivity contribution >= 4 is 22.4 Å². The molecule has 3 rings (SSSR count). The summed E-state index contributed by atoms with van der Waals surface area (Å²) >= 11 is 1.61. The fourth-order valence-electron chi connectivity index (χ4n) is 2.87. The van der Waals surface area contributed by atoms with Crippen LogP contribution in [0.5, 0.6) is 0 Å². The normalized spacial score (nSPS) is 15.1. The highest BCUT2D eigenvalue weighted by molar-refractivity contribution is 7.14. The quantitative estimate of drug-likeness (QED) is 0.829. The second kappa shape index (κ2) is 6.85. The third-order valence-corrected chi connectivity index (χ3v) is 5.16. The van der Waals surface area contributed by atoms with Crippen molar-refractivity contribution in [1.29, 1.82) is 5.26 Å². The summed E-state index contributed by atoms with van der Waals surface area (Å²) < 4.78 is 0. The van der Waals surface area contributed by atoms with Gasteiger partial charge in [-0.25, -0.2) is 4.98 Å². The maximum atomic E-state index is 12.4. The number of amides is 1. The van der Waals surface area contributed by atoms with E-state index in [9.17, 15) is 4.79 Å². The highest BCUT2D eigenvalue weighted by Gasteiger charge is 2.30. The standard InChI is InChI=1S/C19H22N4OS/c1-19(2,3)17(24)22-7-9-23(10-8-22)18-21-16(13-25-18)15-6-4-5-14(11-15)12-20/h4-6,11,13H,7-10H2,1-3H3. The molecule has 1 fully saturated rings. The maximum absolute atomic E-state index is 12.4. The van der Waals surface area contributed by atoms with Gasteiger partial charge >= 0.3 is 0 Å². The molecule has 5 nitrogen and oxygen atoms in total. The fourth-order valence-corrected chi connectivity index (χ4v) is 3.75. The Bertz CT molecular complexity index is 807. The molecule has 1 aliphatic rings. The molecular formula is C19H22N4OS. The molecule has 0 atom stereocenters. The van der Waals surface area contributed by atoms with Gasteiger partial charge in [0.25, 0.3) is 0 Å². The van der Waals surface area contributed by atoms with Gasteiger partial charge in [-0.3, -0.25) is 4.79 Å². The van der Waals surface area contributed by atoms with Gasteiger partial charge in [0.2, 0.25) is 5.91 Å². The molecule has 2 aromatic rings. The summed E-state index contributed by atoms with van der Waals surface area (Å²) in [6.45, 7) is 8.95. The van der Waals surface area contributed by atoms with Gasteiger partial charge in [-0.1, -0.05) is 32.9 Å². The highest BCUT2D eigenvalue weighted by atomic mass is 32.1. The number of hydrogen-bond donors (Lipinski definition) is 0. The minimum absolute atomic E-state index is 0.209. The lowest BCUT2D eigenvalue weighted by molar-refractivity contribution is -0.139. The number of benzene rings is 1. The first kappa shape index (κ1) is 17.4. The lowest BCUT2D eigenvalue weighted by Crippen LogP contribution is -2.51. The minimum atomic E-state index is -0.331. The van der Waals surface area contributed by atoms with Gasteiger partial charge in [0, 0.05) is 42.5 Å². The molecule has 1 saturated heterocycles. The van der Waals surface area contributed by atoms with Crippen LogP contribution in [0.3, 0.4) is 0 Å². The van der Waals surface area contributed by atoms with Crippen molar-refractivity contribution in [3.63, 3.8) is 0 Å². The number of rotatable bonds is 2. The van der Waals surface area contributed by atoms with Crippen LogP contribution in [-0.4, -0.2) is 42.0 Å². The van der Waals surface area contributed by atoms with Crippen molar-refractivity contribution in [3.05, 3.63) is 35.2 Å². The van der Waals surface area contributed by atoms with Gasteiger partial charge in [0.15, 0.2) is 5.13 Å². The summed E-state index contributed by atoms with van der Waals surface area (Å²) in [6.07, 6.45) is 0. The van der Waals surface area contributed by atoms with E-state index in [0.29, 0.717) is 5.56 Å². The number of anilines is 1. The molecule has 0 N–H and O–H groups in total. The van der Waals surface area contributed by atoms with Crippen molar-refractivity contribution in [3.8, 4) is 17.3 Å². The van der Waals surface area contributed by atoms with E-state index in [0.717, 1.165) is 42.6 Å². The first-order valence-corrected chi connectivity index (χ1v) is 9.27. The highest BCUT2D eigenvalue weighted by Crippen LogP contribution is 2.29. The molecule has 130 valence electrons. The number of hydrogen-bond acceptors (Lipinski definition) is 5. The Morgan fingerprint density at radius 3 is 2.60 bits per heavy atom. The van der Waals surface area contributed by atoms with E-state index in [4.69, 9.17) is 10.2 Å². The molecule has 0 unspecified atom stereocenters. The summed E-state index contributed by atoms with van der Waals surface area (Å²) in [6, 6.07) is 9.67.